The number of nitrogens with zero attached hydrogens (tertiary/aromatic N) is 29. The van der Waals surface area contributed by atoms with Crippen molar-refractivity contribution in [1.82, 2.24) is 148 Å². The van der Waals surface area contributed by atoms with Crippen molar-refractivity contribution in [2.45, 2.75) is 47.0 Å². The molecule has 0 N–H and O–H groups in total. The molecular formula is C80H54F12Ir3N29. The first-order valence-corrected chi connectivity index (χ1v) is 34.6. The smallest absolute Gasteiger partial charge is 0.573 e. The maximum atomic E-state index is 13.4. The zero-order chi connectivity index (χ0) is 86.1. The van der Waals surface area contributed by atoms with Crippen molar-refractivity contribution in [1.29, 1.82) is 0 Å². The average molecular weight is 2230 g/mol. The first-order valence-electron chi connectivity index (χ1n) is 34.6. The third-order valence-electron chi connectivity index (χ3n) is 15.0. The van der Waals surface area contributed by atoms with Crippen LogP contribution in [0, 0.1) is 87.7 Å². The molecule has 0 saturated carbocycles. The van der Waals surface area contributed by atoms with E-state index in [1.54, 1.807) is 122 Å². The first-order chi connectivity index (χ1) is 58.3. The molecule has 124 heavy (non-hydrogen) atoms. The molecule has 0 unspecified atom stereocenters. The summed E-state index contributed by atoms with van der Waals surface area (Å²) in [5.41, 5.74) is 9.21. The predicted octanol–water partition coefficient (Wildman–Crippen LogP) is 13.8. The summed E-state index contributed by atoms with van der Waals surface area (Å²) in [5, 5.41) is 69.5. The van der Waals surface area contributed by atoms with Crippen LogP contribution in [0.25, 0.3) is 103 Å². The minimum absolute atomic E-state index is 0. The molecule has 0 saturated heterocycles. The average Bonchev–Trinajstić information content (AvgIpc) is 1.79. The van der Waals surface area contributed by atoms with Gasteiger partial charge in [0, 0.05) is 102 Å². The zero-order valence-corrected chi connectivity index (χ0v) is 71.2. The number of hydrogen-bond donors (Lipinski definition) is 0. The summed E-state index contributed by atoms with van der Waals surface area (Å²) in [6, 6.07) is 53.8. The van der Waals surface area contributed by atoms with Crippen molar-refractivity contribution < 1.29 is 113 Å². The summed E-state index contributed by atoms with van der Waals surface area (Å²) >= 11 is 0. The molecule has 630 valence electrons. The summed E-state index contributed by atoms with van der Waals surface area (Å²) in [6.45, 7) is 9.81. The van der Waals surface area contributed by atoms with Gasteiger partial charge in [-0.1, -0.05) is 94.3 Å². The Bertz CT molecular complexity index is 5660. The number of pyridine rings is 9. The summed E-state index contributed by atoms with van der Waals surface area (Å²) < 4.78 is 151. The van der Waals surface area contributed by atoms with Crippen LogP contribution in [0.15, 0.2) is 238 Å². The molecule has 0 spiro atoms. The molecule has 0 aliphatic rings. The van der Waals surface area contributed by atoms with Crippen molar-refractivity contribution in [3.05, 3.63) is 330 Å². The molecule has 0 aliphatic heterocycles. The summed E-state index contributed by atoms with van der Waals surface area (Å²) in [5.74, 6) is -1.97. The largest absolute Gasteiger partial charge is 3.00 e. The second kappa shape index (κ2) is 48.3. The third-order valence-corrected chi connectivity index (χ3v) is 15.0. The fraction of sp³-hybridized carbons (Fsp3) is 0.0875. The number of alkyl halides is 6. The van der Waals surface area contributed by atoms with Crippen LogP contribution in [-0.2, 0) is 72.7 Å². The Hall–Kier alpha value is -14.2. The number of hydrogen-bond acceptors (Lipinski definition) is 23. The van der Waals surface area contributed by atoms with Gasteiger partial charge in [-0.2, -0.15) is 47.2 Å². The van der Waals surface area contributed by atoms with E-state index in [1.165, 1.54) is 12.4 Å². The fourth-order valence-corrected chi connectivity index (χ4v) is 9.39. The van der Waals surface area contributed by atoms with Crippen LogP contribution >= 0.6 is 0 Å². The van der Waals surface area contributed by atoms with Crippen molar-refractivity contribution in [2.75, 3.05) is 0 Å². The molecule has 0 aliphatic carbocycles. The van der Waals surface area contributed by atoms with Gasteiger partial charge in [-0.3, -0.25) is 97.5 Å². The molecule has 0 radical (unpaired) electrons. The SMILES string of the molecule is Cc1ccnc(-c2[c-]cc(F)cc2F)c1.Cc1ccnc(-c2nnn[n-]2)c1.Cc1ccnc(-c2nnn[n-]2)c1.Cc1ccnc(-c2nnn[n-]2)c1.Cc1ccnc(-c2nnn[n-]2)c1.FC(F)(F)c1cc(-c2ccccn2)[n-]n1.FC(F)(F)c1cc(-c2ccccn2)[n-]n1.Fc1c[c-]c(-c2ccccn2)c(F)c1.Fc1c[c-]c(-c2ccccn2)c(F)c1.[Ir+3].[Ir+3].[Ir+3]. The van der Waals surface area contributed by atoms with E-state index in [4.69, 9.17) is 0 Å². The maximum Gasteiger partial charge on any atom is 3.00 e. The number of halogens is 12. The van der Waals surface area contributed by atoms with E-state index < -0.39 is 58.6 Å². The Morgan fingerprint density at radius 2 is 0.508 bits per heavy atom. The molecule has 0 fully saturated rings. The fourth-order valence-electron chi connectivity index (χ4n) is 9.39. The standard InChI is InChI=1S/C12H8F2N.2C11H6F2N.2C9H5F3N3.4C7H6N5.3Ir/c1-8-4-5-15-12(6-8)10-3-2-9(13)7-11(10)14;2*12-8-4-5-9(10(13)7-8)11-3-1-2-6-14-11;2*10-9(11,12)8-5-7(14-15-8)6-3-1-2-4-13-6;4*1-5-2-3-8-6(4-5)7-9-11-12-10-7;;;/h2,4-7H,1H3;2*1-4,6-7H;2*1-5H;4*2-4H,1H3;;;/q9*-1;3*+3. The van der Waals surface area contributed by atoms with Gasteiger partial charge in [-0.15, -0.1) is 36.4 Å². The molecule has 0 atom stereocenters. The van der Waals surface area contributed by atoms with Crippen molar-refractivity contribution >= 4 is 0 Å². The van der Waals surface area contributed by atoms with Crippen molar-refractivity contribution in [2.24, 2.45) is 0 Å². The van der Waals surface area contributed by atoms with Gasteiger partial charge in [0.05, 0.1) is 46.1 Å². The number of tetrazole rings is 4. The van der Waals surface area contributed by atoms with Gasteiger partial charge >= 0.3 is 72.7 Å². The van der Waals surface area contributed by atoms with E-state index >= 15 is 0 Å². The monoisotopic (exact) mass is 2230 g/mol. The van der Waals surface area contributed by atoms with Crippen LogP contribution in [0.3, 0.4) is 0 Å². The normalized spacial score (nSPS) is 10.3. The summed E-state index contributed by atoms with van der Waals surface area (Å²) in [6.07, 6.45) is 5.57. The number of aryl methyl sites for hydroxylation is 5. The van der Waals surface area contributed by atoms with Crippen molar-refractivity contribution in [3.8, 4) is 103 Å². The third kappa shape index (κ3) is 30.5. The second-order valence-electron chi connectivity index (χ2n) is 24.1. The van der Waals surface area contributed by atoms with Crippen LogP contribution < -0.4 is 30.6 Å². The molecule has 44 heteroatoms. The molecule has 0 bridgehead atoms. The molecule has 18 rings (SSSR count). The van der Waals surface area contributed by atoms with E-state index in [0.29, 0.717) is 74.5 Å². The predicted molar refractivity (Wildman–Crippen MR) is 406 cm³/mol. The Morgan fingerprint density at radius 3 is 0.726 bits per heavy atom. The Labute approximate surface area is 735 Å². The van der Waals surface area contributed by atoms with Crippen LogP contribution in [0.2, 0.25) is 0 Å². The maximum absolute atomic E-state index is 13.4. The van der Waals surface area contributed by atoms with E-state index in [9.17, 15) is 52.7 Å². The van der Waals surface area contributed by atoms with Gasteiger partial charge in [-0.05, 0) is 177 Å². The Morgan fingerprint density at radius 1 is 0.266 bits per heavy atom. The Kier molecular flexibility index (Phi) is 37.8. The van der Waals surface area contributed by atoms with Gasteiger partial charge in [0.2, 0.25) is 0 Å². The van der Waals surface area contributed by atoms with Gasteiger partial charge < -0.3 is 55.7 Å². The van der Waals surface area contributed by atoms with Gasteiger partial charge in [-0.25, -0.2) is 0 Å². The first kappa shape index (κ1) is 96.9. The molecule has 3 aromatic carbocycles. The summed E-state index contributed by atoms with van der Waals surface area (Å²) in [4.78, 5) is 36.0. The van der Waals surface area contributed by atoms with E-state index in [2.05, 4.69) is 166 Å². The molecule has 15 aromatic heterocycles. The molecule has 15 heterocycles. The van der Waals surface area contributed by atoms with Crippen LogP contribution in [0.1, 0.15) is 39.2 Å². The molecule has 29 nitrogen and oxygen atoms in total. The topological polar surface area (TPSA) is 381 Å². The van der Waals surface area contributed by atoms with E-state index in [1.807, 2.05) is 89.2 Å². The van der Waals surface area contributed by atoms with Crippen molar-refractivity contribution in [3.63, 3.8) is 0 Å². The number of rotatable bonds is 9. The number of aromatic nitrogens is 29. The van der Waals surface area contributed by atoms with Crippen LogP contribution in [-0.4, -0.2) is 117 Å². The van der Waals surface area contributed by atoms with Gasteiger partial charge in [0.15, 0.2) is 0 Å². The second-order valence-corrected chi connectivity index (χ2v) is 24.1. The quantitative estimate of drug-likeness (QED) is 0.0956. The Balaban J connectivity index is 0.000000191. The minimum Gasteiger partial charge on any atom is -0.573 e. The van der Waals surface area contributed by atoms with E-state index in [0.717, 1.165) is 76.3 Å². The number of benzene rings is 3. The molecular weight excluding hydrogens is 2170 g/mol. The zero-order valence-electron chi connectivity index (χ0n) is 64.0. The van der Waals surface area contributed by atoms with Gasteiger partial charge in [0.1, 0.15) is 11.4 Å². The van der Waals surface area contributed by atoms with Gasteiger partial charge in [0.25, 0.3) is 0 Å². The minimum atomic E-state index is -4.46. The molecule has 0 amide bonds. The van der Waals surface area contributed by atoms with Crippen LogP contribution in [0.4, 0.5) is 52.7 Å². The summed E-state index contributed by atoms with van der Waals surface area (Å²) in [7, 11) is 0. The van der Waals surface area contributed by atoms with E-state index in [-0.39, 0.29) is 88.4 Å². The van der Waals surface area contributed by atoms with Crippen LogP contribution in [0.5, 0.6) is 0 Å². The molecule has 18 aromatic rings.